The maximum atomic E-state index is 12.1. The SMILES string of the molecule is C=CCC1CCN(C(C)c2cccc(C(=O)OC)c2)C(=O)O1.CC.Fc1ccccc1. The lowest BCUT2D eigenvalue weighted by Gasteiger charge is -2.35. The van der Waals surface area contributed by atoms with Crippen LogP contribution in [-0.2, 0) is 9.47 Å². The predicted octanol–water partition coefficient (Wildman–Crippen LogP) is 6.17. The van der Waals surface area contributed by atoms with E-state index in [2.05, 4.69) is 6.58 Å². The molecule has 1 amide bonds. The summed E-state index contributed by atoms with van der Waals surface area (Å²) >= 11 is 0. The highest BCUT2D eigenvalue weighted by Crippen LogP contribution is 2.26. The van der Waals surface area contributed by atoms with Crippen molar-refractivity contribution in [2.45, 2.75) is 45.8 Å². The summed E-state index contributed by atoms with van der Waals surface area (Å²) < 4.78 is 22.0. The monoisotopic (exact) mass is 429 g/mol. The molecule has 0 bridgehead atoms. The number of benzene rings is 2. The van der Waals surface area contributed by atoms with Gasteiger partial charge in [0.1, 0.15) is 11.9 Å². The van der Waals surface area contributed by atoms with Crippen molar-refractivity contribution in [3.8, 4) is 0 Å². The number of esters is 1. The average Bonchev–Trinajstić information content (AvgIpc) is 2.81. The number of hydrogen-bond acceptors (Lipinski definition) is 4. The van der Waals surface area contributed by atoms with E-state index in [0.717, 1.165) is 12.0 Å². The summed E-state index contributed by atoms with van der Waals surface area (Å²) in [6.45, 7) is 10.2. The van der Waals surface area contributed by atoms with Gasteiger partial charge in [-0.15, -0.1) is 6.58 Å². The zero-order valence-corrected chi connectivity index (χ0v) is 18.7. The summed E-state index contributed by atoms with van der Waals surface area (Å²) in [5, 5.41) is 0. The highest BCUT2D eigenvalue weighted by molar-refractivity contribution is 5.89. The van der Waals surface area contributed by atoms with Crippen molar-refractivity contribution < 1.29 is 23.5 Å². The van der Waals surface area contributed by atoms with Crippen LogP contribution >= 0.6 is 0 Å². The largest absolute Gasteiger partial charge is 0.465 e. The van der Waals surface area contributed by atoms with Crippen LogP contribution in [0.15, 0.2) is 67.3 Å². The highest BCUT2D eigenvalue weighted by atomic mass is 19.1. The van der Waals surface area contributed by atoms with Crippen molar-refractivity contribution >= 4 is 12.1 Å². The molecule has 0 N–H and O–H groups in total. The second kappa shape index (κ2) is 14.0. The molecular weight excluding hydrogens is 397 g/mol. The third kappa shape index (κ3) is 8.24. The molecular formula is C25H32FNO4. The Morgan fingerprint density at radius 2 is 1.94 bits per heavy atom. The topological polar surface area (TPSA) is 55.8 Å². The van der Waals surface area contributed by atoms with Gasteiger partial charge >= 0.3 is 12.1 Å². The van der Waals surface area contributed by atoms with Gasteiger partial charge in [-0.2, -0.15) is 0 Å². The summed E-state index contributed by atoms with van der Waals surface area (Å²) in [4.78, 5) is 25.4. The van der Waals surface area contributed by atoms with E-state index in [4.69, 9.17) is 9.47 Å². The predicted molar refractivity (Wildman–Crippen MR) is 120 cm³/mol. The van der Waals surface area contributed by atoms with Crippen LogP contribution in [0, 0.1) is 5.82 Å². The van der Waals surface area contributed by atoms with Crippen LogP contribution in [0.1, 0.15) is 55.6 Å². The Morgan fingerprint density at radius 3 is 2.45 bits per heavy atom. The number of hydrogen-bond donors (Lipinski definition) is 0. The molecule has 1 aliphatic rings. The van der Waals surface area contributed by atoms with Crippen molar-refractivity contribution in [2.24, 2.45) is 0 Å². The Kier molecular flexibility index (Phi) is 11.7. The minimum absolute atomic E-state index is 0.0881. The van der Waals surface area contributed by atoms with Crippen LogP contribution in [0.4, 0.5) is 9.18 Å². The maximum Gasteiger partial charge on any atom is 0.410 e. The van der Waals surface area contributed by atoms with Gasteiger partial charge in [0.05, 0.1) is 18.7 Å². The molecule has 1 heterocycles. The standard InChI is InChI=1S/C17H21NO4.C6H5F.C2H6/c1-4-6-15-9-10-18(17(20)22-15)12(2)13-7-5-8-14(11-13)16(19)21-3;7-6-4-2-1-3-5-6;1-2/h4-5,7-8,11-12,15H,1,6,9-10H2,2-3H3;1-5H;1-2H3. The number of nitrogens with zero attached hydrogens (tertiary/aromatic N) is 1. The molecule has 5 nitrogen and oxygen atoms in total. The Morgan fingerprint density at radius 1 is 1.26 bits per heavy atom. The normalized spacial score (nSPS) is 15.8. The molecule has 2 unspecified atom stereocenters. The zero-order valence-electron chi connectivity index (χ0n) is 18.7. The van der Waals surface area contributed by atoms with Crippen molar-refractivity contribution in [2.75, 3.05) is 13.7 Å². The van der Waals surface area contributed by atoms with Crippen LogP contribution < -0.4 is 0 Å². The first kappa shape index (κ1) is 25.9. The van der Waals surface area contributed by atoms with Gasteiger partial charge in [0.2, 0.25) is 0 Å². The third-order valence-corrected chi connectivity index (χ3v) is 4.61. The molecule has 1 aliphatic heterocycles. The molecule has 0 radical (unpaired) electrons. The summed E-state index contributed by atoms with van der Waals surface area (Å²) in [6.07, 6.45) is 2.80. The van der Waals surface area contributed by atoms with Gasteiger partial charge in [-0.1, -0.05) is 50.3 Å². The summed E-state index contributed by atoms with van der Waals surface area (Å²) in [6, 6.07) is 14.9. The lowest BCUT2D eigenvalue weighted by atomic mass is 10.0. The van der Waals surface area contributed by atoms with Gasteiger partial charge in [0.15, 0.2) is 0 Å². The molecule has 2 aromatic rings. The zero-order chi connectivity index (χ0) is 23.2. The number of rotatable bonds is 5. The Labute approximate surface area is 184 Å². The van der Waals surface area contributed by atoms with Crippen molar-refractivity contribution in [3.05, 3.63) is 84.2 Å². The molecule has 6 heteroatoms. The summed E-state index contributed by atoms with van der Waals surface area (Å²) in [5.74, 6) is -0.566. The van der Waals surface area contributed by atoms with E-state index in [9.17, 15) is 14.0 Å². The summed E-state index contributed by atoms with van der Waals surface area (Å²) in [5.41, 5.74) is 1.35. The van der Waals surface area contributed by atoms with Crippen molar-refractivity contribution in [1.82, 2.24) is 4.90 Å². The van der Waals surface area contributed by atoms with E-state index in [0.29, 0.717) is 18.5 Å². The number of methoxy groups -OCH3 is 1. The molecule has 1 saturated heterocycles. The second-order valence-corrected chi connectivity index (χ2v) is 6.60. The first-order chi connectivity index (χ1) is 15.0. The number of cyclic esters (lactones) is 1. The fourth-order valence-electron chi connectivity index (χ4n) is 2.99. The lowest BCUT2D eigenvalue weighted by Crippen LogP contribution is -2.43. The van der Waals surface area contributed by atoms with E-state index in [1.807, 2.05) is 26.8 Å². The molecule has 0 aliphatic carbocycles. The molecule has 31 heavy (non-hydrogen) atoms. The Hall–Kier alpha value is -3.15. The van der Waals surface area contributed by atoms with Crippen molar-refractivity contribution in [3.63, 3.8) is 0 Å². The maximum absolute atomic E-state index is 12.1. The molecule has 3 rings (SSSR count). The van der Waals surface area contributed by atoms with Crippen LogP contribution in [-0.4, -0.2) is 36.7 Å². The van der Waals surface area contributed by atoms with Crippen LogP contribution in [0.3, 0.4) is 0 Å². The smallest absolute Gasteiger partial charge is 0.410 e. The fourth-order valence-corrected chi connectivity index (χ4v) is 2.99. The molecule has 0 aromatic heterocycles. The van der Waals surface area contributed by atoms with E-state index in [-0.39, 0.29) is 30.0 Å². The van der Waals surface area contributed by atoms with Crippen LogP contribution in [0.5, 0.6) is 0 Å². The Bertz CT molecular complexity index is 825. The molecule has 0 spiro atoms. The molecule has 168 valence electrons. The number of amides is 1. The fraction of sp³-hybridized carbons (Fsp3) is 0.360. The average molecular weight is 430 g/mol. The number of carbonyl (C=O) groups is 2. The van der Waals surface area contributed by atoms with Gasteiger partial charge in [0, 0.05) is 19.4 Å². The van der Waals surface area contributed by atoms with Crippen LogP contribution in [0.2, 0.25) is 0 Å². The van der Waals surface area contributed by atoms with Gasteiger partial charge in [0.25, 0.3) is 0 Å². The van der Waals surface area contributed by atoms with Gasteiger partial charge in [-0.25, -0.2) is 14.0 Å². The lowest BCUT2D eigenvalue weighted by molar-refractivity contribution is 0.0146. The van der Waals surface area contributed by atoms with E-state index >= 15 is 0 Å². The first-order valence-corrected chi connectivity index (χ1v) is 10.4. The number of carbonyl (C=O) groups excluding carboxylic acids is 2. The first-order valence-electron chi connectivity index (χ1n) is 10.4. The van der Waals surface area contributed by atoms with E-state index in [1.54, 1.807) is 47.4 Å². The second-order valence-electron chi connectivity index (χ2n) is 6.60. The quantitative estimate of drug-likeness (QED) is 0.421. The minimum atomic E-state index is -0.388. The minimum Gasteiger partial charge on any atom is -0.465 e. The van der Waals surface area contributed by atoms with Crippen molar-refractivity contribution in [1.29, 1.82) is 0 Å². The molecule has 2 aromatic carbocycles. The molecule has 0 saturated carbocycles. The number of ether oxygens (including phenoxy) is 2. The molecule has 1 fully saturated rings. The van der Waals surface area contributed by atoms with Gasteiger partial charge < -0.3 is 14.4 Å². The van der Waals surface area contributed by atoms with Crippen LogP contribution in [0.25, 0.3) is 0 Å². The third-order valence-electron chi connectivity index (χ3n) is 4.61. The molecule has 2 atom stereocenters. The van der Waals surface area contributed by atoms with E-state index in [1.165, 1.54) is 19.2 Å². The van der Waals surface area contributed by atoms with Gasteiger partial charge in [-0.3, -0.25) is 0 Å². The van der Waals surface area contributed by atoms with Gasteiger partial charge in [-0.05, 0) is 36.8 Å². The number of halogens is 1. The van der Waals surface area contributed by atoms with E-state index < -0.39 is 0 Å². The summed E-state index contributed by atoms with van der Waals surface area (Å²) in [7, 11) is 1.35. The highest BCUT2D eigenvalue weighted by Gasteiger charge is 2.30. The Balaban J connectivity index is 0.000000447.